The van der Waals surface area contributed by atoms with Gasteiger partial charge in [-0.1, -0.05) is 0 Å². The second kappa shape index (κ2) is 14.4. The number of nitrogens with one attached hydrogen (secondary N) is 1. The summed E-state index contributed by atoms with van der Waals surface area (Å²) in [4.78, 5) is 27.6. The van der Waals surface area contributed by atoms with Crippen LogP contribution in [0.2, 0.25) is 0 Å². The van der Waals surface area contributed by atoms with E-state index >= 15 is 4.39 Å². The molecule has 0 radical (unpaired) electrons. The highest BCUT2D eigenvalue weighted by atomic mass is 19.1. The maximum Gasteiger partial charge on any atom is 0.293 e. The molecular formula is C34H30F3N5O5. The van der Waals surface area contributed by atoms with E-state index in [1.54, 1.807) is 24.4 Å². The predicted octanol–water partition coefficient (Wildman–Crippen LogP) is 6.26. The largest absolute Gasteiger partial charge is 0.493 e. The minimum Gasteiger partial charge on any atom is -0.493 e. The lowest BCUT2D eigenvalue weighted by molar-refractivity contribution is 0.0357. The Balaban J connectivity index is 1.13. The van der Waals surface area contributed by atoms with Gasteiger partial charge in [0.05, 0.1) is 38.1 Å². The first-order chi connectivity index (χ1) is 22.9. The summed E-state index contributed by atoms with van der Waals surface area (Å²) in [5, 5.41) is 3.10. The molecule has 242 valence electrons. The summed E-state index contributed by atoms with van der Waals surface area (Å²) in [7, 11) is 1.54. The van der Waals surface area contributed by atoms with Crippen LogP contribution in [-0.4, -0.2) is 72.3 Å². The van der Waals surface area contributed by atoms with Crippen molar-refractivity contribution in [3.05, 3.63) is 96.3 Å². The van der Waals surface area contributed by atoms with Gasteiger partial charge in [-0.15, -0.1) is 0 Å². The number of hydrogen-bond acceptors (Lipinski definition) is 9. The minimum atomic E-state index is -0.836. The number of ether oxygens (including phenoxy) is 4. The van der Waals surface area contributed by atoms with Gasteiger partial charge in [-0.3, -0.25) is 14.7 Å². The Morgan fingerprint density at radius 2 is 1.72 bits per heavy atom. The monoisotopic (exact) mass is 645 g/mol. The average Bonchev–Trinajstić information content (AvgIpc) is 3.08. The highest BCUT2D eigenvalue weighted by Gasteiger charge is 2.17. The lowest BCUT2D eigenvalue weighted by Gasteiger charge is -2.26. The lowest BCUT2D eigenvalue weighted by atomic mass is 10.1. The molecule has 1 aliphatic heterocycles. The van der Waals surface area contributed by atoms with E-state index in [9.17, 15) is 13.6 Å². The number of morpholine rings is 1. The normalized spacial score (nSPS) is 13.4. The number of methoxy groups -OCH3 is 1. The molecule has 0 unspecified atom stereocenters. The molecule has 0 bridgehead atoms. The molecular weight excluding hydrogens is 615 g/mol. The first kappa shape index (κ1) is 31.7. The summed E-state index contributed by atoms with van der Waals surface area (Å²) in [6, 6.07) is 13.4. The molecule has 47 heavy (non-hydrogen) atoms. The molecule has 3 aromatic carbocycles. The van der Waals surface area contributed by atoms with Gasteiger partial charge in [0.15, 0.2) is 23.1 Å². The van der Waals surface area contributed by atoms with Crippen molar-refractivity contribution in [3.63, 3.8) is 0 Å². The van der Waals surface area contributed by atoms with Crippen molar-refractivity contribution in [2.75, 3.05) is 51.9 Å². The van der Waals surface area contributed by atoms with Crippen LogP contribution in [-0.2, 0) is 4.74 Å². The van der Waals surface area contributed by atoms with Gasteiger partial charge < -0.3 is 24.3 Å². The number of carbonyl (C=O) groups excluding carboxylic acids is 1. The van der Waals surface area contributed by atoms with Gasteiger partial charge in [0.2, 0.25) is 5.82 Å². The first-order valence-corrected chi connectivity index (χ1v) is 14.8. The SMILES string of the molecule is COc1cc2c(Oc3ccc(NC(=O)c4nccc(-c5ccc(F)cc5F)n4)cc3F)ccnc2cc1OCCCN1CCOCC1. The molecule has 1 fully saturated rings. The van der Waals surface area contributed by atoms with Gasteiger partial charge in [0.1, 0.15) is 17.4 Å². The molecule has 0 spiro atoms. The molecule has 0 aliphatic carbocycles. The van der Waals surface area contributed by atoms with E-state index in [4.69, 9.17) is 18.9 Å². The van der Waals surface area contributed by atoms with Crippen LogP contribution in [0.4, 0.5) is 18.9 Å². The summed E-state index contributed by atoms with van der Waals surface area (Å²) in [5.74, 6) is -2.11. The third-order valence-corrected chi connectivity index (χ3v) is 7.44. The molecule has 0 saturated carbocycles. The van der Waals surface area contributed by atoms with Crippen LogP contribution >= 0.6 is 0 Å². The molecule has 0 atom stereocenters. The summed E-state index contributed by atoms with van der Waals surface area (Å²) in [6.07, 6.45) is 3.65. The molecule has 1 amide bonds. The van der Waals surface area contributed by atoms with Crippen molar-refractivity contribution >= 4 is 22.5 Å². The lowest BCUT2D eigenvalue weighted by Crippen LogP contribution is -2.37. The van der Waals surface area contributed by atoms with Crippen LogP contribution in [0.15, 0.2) is 73.1 Å². The topological polar surface area (TPSA) is 108 Å². The number of rotatable bonds is 11. The van der Waals surface area contributed by atoms with Gasteiger partial charge in [-0.25, -0.2) is 23.1 Å². The maximum absolute atomic E-state index is 15.2. The van der Waals surface area contributed by atoms with Crippen molar-refractivity contribution in [2.24, 2.45) is 0 Å². The second-order valence-corrected chi connectivity index (χ2v) is 10.6. The molecule has 1 N–H and O–H groups in total. The fourth-order valence-electron chi connectivity index (χ4n) is 5.07. The van der Waals surface area contributed by atoms with Crippen LogP contribution < -0.4 is 19.5 Å². The van der Waals surface area contributed by atoms with E-state index in [1.165, 1.54) is 37.6 Å². The highest BCUT2D eigenvalue weighted by molar-refractivity contribution is 6.01. The van der Waals surface area contributed by atoms with Crippen molar-refractivity contribution in [2.45, 2.75) is 6.42 Å². The van der Waals surface area contributed by atoms with E-state index in [2.05, 4.69) is 25.2 Å². The van der Waals surface area contributed by atoms with Crippen LogP contribution in [0.3, 0.4) is 0 Å². The minimum absolute atomic E-state index is 0.000110. The Morgan fingerprint density at radius 3 is 2.51 bits per heavy atom. The van der Waals surface area contributed by atoms with E-state index in [0.29, 0.717) is 34.8 Å². The van der Waals surface area contributed by atoms with Gasteiger partial charge in [0, 0.05) is 66.9 Å². The average molecular weight is 646 g/mol. The van der Waals surface area contributed by atoms with Gasteiger partial charge in [-0.05, 0) is 48.9 Å². The fourth-order valence-corrected chi connectivity index (χ4v) is 5.07. The molecule has 10 nitrogen and oxygen atoms in total. The van der Waals surface area contributed by atoms with Gasteiger partial charge in [-0.2, -0.15) is 0 Å². The van der Waals surface area contributed by atoms with Crippen molar-refractivity contribution in [1.29, 1.82) is 0 Å². The highest BCUT2D eigenvalue weighted by Crippen LogP contribution is 2.38. The standard InChI is InChI=1S/C34H30F3N5O5/c1-44-31-19-24-28(20-32(31)46-14-2-11-42-12-15-45-16-13-42)38-10-8-29(24)47-30-6-4-22(18-26(30)37)40-34(43)33-39-9-7-27(41-33)23-5-3-21(35)17-25(23)36/h3-10,17-20H,2,11-16H2,1H3,(H,40,43). The fraction of sp³-hybridized carbons (Fsp3) is 0.235. The maximum atomic E-state index is 15.2. The zero-order chi connectivity index (χ0) is 32.8. The van der Waals surface area contributed by atoms with Crippen LogP contribution in [0.25, 0.3) is 22.2 Å². The number of fused-ring (bicyclic) bond motifs is 1. The number of nitrogens with zero attached hydrogens (tertiary/aromatic N) is 4. The predicted molar refractivity (Wildman–Crippen MR) is 167 cm³/mol. The van der Waals surface area contributed by atoms with Crippen molar-refractivity contribution < 1.29 is 36.9 Å². The van der Waals surface area contributed by atoms with Gasteiger partial charge in [0.25, 0.3) is 5.91 Å². The number of aromatic nitrogens is 3. The number of hydrogen-bond donors (Lipinski definition) is 1. The molecule has 1 aliphatic rings. The van der Waals surface area contributed by atoms with E-state index in [-0.39, 0.29) is 28.5 Å². The van der Waals surface area contributed by atoms with Gasteiger partial charge >= 0.3 is 0 Å². The number of anilines is 1. The molecule has 1 saturated heterocycles. The second-order valence-electron chi connectivity index (χ2n) is 10.6. The number of amides is 1. The Kier molecular flexibility index (Phi) is 9.74. The van der Waals surface area contributed by atoms with Crippen LogP contribution in [0, 0.1) is 17.5 Å². The summed E-state index contributed by atoms with van der Waals surface area (Å²) in [6.45, 7) is 4.72. The molecule has 2 aromatic heterocycles. The Bertz CT molecular complexity index is 1900. The molecule has 3 heterocycles. The van der Waals surface area contributed by atoms with E-state index in [0.717, 1.165) is 57.5 Å². The first-order valence-electron chi connectivity index (χ1n) is 14.8. The van der Waals surface area contributed by atoms with E-state index < -0.39 is 23.4 Å². The van der Waals surface area contributed by atoms with Crippen LogP contribution in [0.5, 0.6) is 23.0 Å². The quantitative estimate of drug-likeness (QED) is 0.167. The smallest absolute Gasteiger partial charge is 0.293 e. The van der Waals surface area contributed by atoms with E-state index in [1.807, 2.05) is 0 Å². The summed E-state index contributed by atoms with van der Waals surface area (Å²) < 4.78 is 65.7. The molecule has 6 rings (SSSR count). The zero-order valence-corrected chi connectivity index (χ0v) is 25.3. The number of halogens is 3. The molecule has 5 aromatic rings. The van der Waals surface area contributed by atoms with Crippen molar-refractivity contribution in [3.8, 4) is 34.3 Å². The Labute approximate surface area is 268 Å². The summed E-state index contributed by atoms with van der Waals surface area (Å²) >= 11 is 0. The van der Waals surface area contributed by atoms with Crippen LogP contribution in [0.1, 0.15) is 17.0 Å². The number of pyridine rings is 1. The number of carbonyl (C=O) groups is 1. The third-order valence-electron chi connectivity index (χ3n) is 7.44. The zero-order valence-electron chi connectivity index (χ0n) is 25.3. The molecule has 13 heteroatoms. The number of benzene rings is 3. The Morgan fingerprint density at radius 1 is 0.894 bits per heavy atom. The Hall–Kier alpha value is -5.27. The van der Waals surface area contributed by atoms with Crippen molar-refractivity contribution in [1.82, 2.24) is 19.9 Å². The third kappa shape index (κ3) is 7.59. The summed E-state index contributed by atoms with van der Waals surface area (Å²) in [5.41, 5.74) is 0.762.